The molecule has 1 saturated heterocycles. The number of carbonyl (C=O) groups excluding carboxylic acids is 1. The zero-order valence-electron chi connectivity index (χ0n) is 15.7. The molecule has 1 atom stereocenters. The number of ether oxygens (including phenoxy) is 1. The van der Waals surface area contributed by atoms with Gasteiger partial charge in [-0.25, -0.2) is 8.42 Å². The van der Waals surface area contributed by atoms with Gasteiger partial charge < -0.3 is 10.1 Å². The molecule has 0 unspecified atom stereocenters. The lowest BCUT2D eigenvalue weighted by Gasteiger charge is -2.26. The number of sulfonamides is 1. The number of nitrogens with one attached hydrogen (secondary N) is 1. The molecule has 1 amide bonds. The fourth-order valence-electron chi connectivity index (χ4n) is 3.00. The van der Waals surface area contributed by atoms with E-state index in [9.17, 15) is 13.2 Å². The summed E-state index contributed by atoms with van der Waals surface area (Å²) in [5.74, 6) is 0.329. The van der Waals surface area contributed by atoms with Crippen molar-refractivity contribution >= 4 is 15.9 Å². The van der Waals surface area contributed by atoms with Gasteiger partial charge in [-0.05, 0) is 36.6 Å². The molecule has 0 bridgehead atoms. The van der Waals surface area contributed by atoms with E-state index in [4.69, 9.17) is 4.74 Å². The van der Waals surface area contributed by atoms with Gasteiger partial charge >= 0.3 is 0 Å². The molecule has 1 heterocycles. The molecule has 146 valence electrons. The fraction of sp³-hybridized carbons (Fsp3) is 0.632. The quantitative estimate of drug-likeness (QED) is 0.712. The topological polar surface area (TPSA) is 75.7 Å². The van der Waals surface area contributed by atoms with Crippen LogP contribution in [0.1, 0.15) is 49.9 Å². The Bertz CT molecular complexity index is 667. The van der Waals surface area contributed by atoms with E-state index < -0.39 is 10.0 Å². The Kier molecular flexibility index (Phi) is 8.06. The summed E-state index contributed by atoms with van der Waals surface area (Å²) in [6.45, 7) is 6.51. The molecule has 0 aromatic heterocycles. The minimum atomic E-state index is -3.52. The van der Waals surface area contributed by atoms with Crippen molar-refractivity contribution in [3.63, 3.8) is 0 Å². The average Bonchev–Trinajstić information content (AvgIpc) is 2.68. The summed E-state index contributed by atoms with van der Waals surface area (Å²) in [4.78, 5) is 12.5. The Labute approximate surface area is 157 Å². The zero-order chi connectivity index (χ0) is 19.0. The number of benzene rings is 1. The van der Waals surface area contributed by atoms with Gasteiger partial charge in [0.2, 0.25) is 10.0 Å². The van der Waals surface area contributed by atoms with Crippen molar-refractivity contribution in [1.82, 2.24) is 9.62 Å². The molecule has 26 heavy (non-hydrogen) atoms. The van der Waals surface area contributed by atoms with Crippen LogP contribution in [0.25, 0.3) is 0 Å². The minimum absolute atomic E-state index is 0.157. The van der Waals surface area contributed by atoms with Crippen LogP contribution in [0.2, 0.25) is 0 Å². The number of hydrogen-bond acceptors (Lipinski definition) is 4. The highest BCUT2D eigenvalue weighted by Gasteiger charge is 2.26. The van der Waals surface area contributed by atoms with Gasteiger partial charge in [-0.1, -0.05) is 33.1 Å². The third-order valence-corrected chi connectivity index (χ3v) is 6.73. The number of hydrogen-bond donors (Lipinski definition) is 1. The van der Waals surface area contributed by atoms with Crippen molar-refractivity contribution in [1.29, 1.82) is 0 Å². The molecule has 1 aliphatic heterocycles. The summed E-state index contributed by atoms with van der Waals surface area (Å²) < 4.78 is 31.8. The third-order valence-electron chi connectivity index (χ3n) is 4.82. The van der Waals surface area contributed by atoms with Gasteiger partial charge in [0.05, 0.1) is 18.1 Å². The van der Waals surface area contributed by atoms with Crippen molar-refractivity contribution in [2.24, 2.45) is 5.92 Å². The van der Waals surface area contributed by atoms with Gasteiger partial charge in [0, 0.05) is 25.2 Å². The average molecular weight is 383 g/mol. The van der Waals surface area contributed by atoms with Crippen LogP contribution < -0.4 is 5.32 Å². The maximum Gasteiger partial charge on any atom is 0.251 e. The lowest BCUT2D eigenvalue weighted by Crippen LogP contribution is -2.40. The lowest BCUT2D eigenvalue weighted by atomic mass is 9.99. The molecule has 2 rings (SSSR count). The first kappa shape index (κ1) is 20.9. The van der Waals surface area contributed by atoms with Gasteiger partial charge in [-0.3, -0.25) is 4.79 Å². The van der Waals surface area contributed by atoms with E-state index in [0.717, 1.165) is 19.3 Å². The SMILES string of the molecule is CCCC[C@@H](CC)CNC(=O)c1ccc(S(=O)(=O)N2CCOCC2)cc1. The largest absolute Gasteiger partial charge is 0.379 e. The summed E-state index contributed by atoms with van der Waals surface area (Å²) in [6, 6.07) is 6.17. The van der Waals surface area contributed by atoms with Crippen LogP contribution in [0.3, 0.4) is 0 Å². The molecule has 1 aromatic carbocycles. The normalized spacial score (nSPS) is 17.0. The van der Waals surface area contributed by atoms with E-state index in [2.05, 4.69) is 19.2 Å². The highest BCUT2D eigenvalue weighted by molar-refractivity contribution is 7.89. The molecule has 0 saturated carbocycles. The smallest absolute Gasteiger partial charge is 0.251 e. The number of rotatable bonds is 9. The molecule has 1 N–H and O–H groups in total. The monoisotopic (exact) mass is 382 g/mol. The fourth-order valence-corrected chi connectivity index (χ4v) is 4.40. The van der Waals surface area contributed by atoms with Crippen LogP contribution in [-0.4, -0.2) is 51.5 Å². The highest BCUT2D eigenvalue weighted by atomic mass is 32.2. The molecule has 0 radical (unpaired) electrons. The van der Waals surface area contributed by atoms with Crippen molar-refractivity contribution in [3.8, 4) is 0 Å². The Balaban J connectivity index is 1.96. The predicted molar refractivity (Wildman–Crippen MR) is 102 cm³/mol. The summed E-state index contributed by atoms with van der Waals surface area (Å²) in [5, 5.41) is 2.97. The first-order valence-corrected chi connectivity index (χ1v) is 10.9. The van der Waals surface area contributed by atoms with Crippen LogP contribution in [0.5, 0.6) is 0 Å². The van der Waals surface area contributed by atoms with Crippen molar-refractivity contribution in [3.05, 3.63) is 29.8 Å². The minimum Gasteiger partial charge on any atom is -0.379 e. The molecule has 6 nitrogen and oxygen atoms in total. The standard InChI is InChI=1S/C19H30N2O4S/c1-3-5-6-16(4-2)15-20-19(22)17-7-9-18(10-8-17)26(23,24)21-11-13-25-14-12-21/h7-10,16H,3-6,11-15H2,1-2H3,(H,20,22)/t16-/m1/s1. The Morgan fingerprint density at radius 1 is 1.19 bits per heavy atom. The number of amides is 1. The van der Waals surface area contributed by atoms with Crippen molar-refractivity contribution in [2.75, 3.05) is 32.8 Å². The van der Waals surface area contributed by atoms with E-state index >= 15 is 0 Å². The van der Waals surface area contributed by atoms with Gasteiger partial charge in [0.25, 0.3) is 5.91 Å². The van der Waals surface area contributed by atoms with E-state index in [1.165, 1.54) is 22.9 Å². The second-order valence-electron chi connectivity index (χ2n) is 6.67. The van der Waals surface area contributed by atoms with E-state index in [0.29, 0.717) is 44.3 Å². The van der Waals surface area contributed by atoms with Gasteiger partial charge in [0.1, 0.15) is 0 Å². The van der Waals surface area contributed by atoms with Crippen LogP contribution >= 0.6 is 0 Å². The van der Waals surface area contributed by atoms with Crippen LogP contribution in [0.15, 0.2) is 29.2 Å². The first-order valence-electron chi connectivity index (χ1n) is 9.45. The second kappa shape index (κ2) is 10.0. The molecular weight excluding hydrogens is 352 g/mol. The maximum atomic E-state index is 12.6. The Hall–Kier alpha value is -1.44. The van der Waals surface area contributed by atoms with E-state index in [1.807, 2.05) is 0 Å². The summed E-state index contributed by atoms with van der Waals surface area (Å²) >= 11 is 0. The number of nitrogens with zero attached hydrogens (tertiary/aromatic N) is 1. The molecular formula is C19H30N2O4S. The van der Waals surface area contributed by atoms with Crippen LogP contribution in [0, 0.1) is 5.92 Å². The zero-order valence-corrected chi connectivity index (χ0v) is 16.6. The third kappa shape index (κ3) is 5.53. The molecule has 1 aliphatic rings. The molecule has 7 heteroatoms. The molecule has 0 spiro atoms. The first-order chi connectivity index (χ1) is 12.5. The maximum absolute atomic E-state index is 12.6. The van der Waals surface area contributed by atoms with Gasteiger partial charge in [-0.2, -0.15) is 4.31 Å². The van der Waals surface area contributed by atoms with E-state index in [-0.39, 0.29) is 10.8 Å². The molecule has 0 aliphatic carbocycles. The van der Waals surface area contributed by atoms with Crippen LogP contribution in [0.4, 0.5) is 0 Å². The van der Waals surface area contributed by atoms with Crippen molar-refractivity contribution < 1.29 is 17.9 Å². The lowest BCUT2D eigenvalue weighted by molar-refractivity contribution is 0.0730. The predicted octanol–water partition coefficient (Wildman–Crippen LogP) is 2.65. The van der Waals surface area contributed by atoms with Crippen LogP contribution in [-0.2, 0) is 14.8 Å². The number of carbonyl (C=O) groups is 1. The Morgan fingerprint density at radius 3 is 2.42 bits per heavy atom. The number of unbranched alkanes of at least 4 members (excludes halogenated alkanes) is 1. The van der Waals surface area contributed by atoms with Crippen molar-refractivity contribution in [2.45, 2.75) is 44.4 Å². The summed E-state index contributed by atoms with van der Waals surface area (Å²) in [7, 11) is -3.52. The molecule has 1 aromatic rings. The summed E-state index contributed by atoms with van der Waals surface area (Å²) in [5.41, 5.74) is 0.483. The molecule has 1 fully saturated rings. The summed E-state index contributed by atoms with van der Waals surface area (Å²) in [6.07, 6.45) is 4.48. The highest BCUT2D eigenvalue weighted by Crippen LogP contribution is 2.18. The van der Waals surface area contributed by atoms with Gasteiger partial charge in [0.15, 0.2) is 0 Å². The second-order valence-corrected chi connectivity index (χ2v) is 8.61. The number of morpholine rings is 1. The van der Waals surface area contributed by atoms with E-state index in [1.54, 1.807) is 12.1 Å². The Morgan fingerprint density at radius 2 is 1.85 bits per heavy atom. The van der Waals surface area contributed by atoms with Gasteiger partial charge in [-0.15, -0.1) is 0 Å².